The quantitative estimate of drug-likeness (QED) is 0.805. The number of allylic oxidation sites excluding steroid dienone is 2. The summed E-state index contributed by atoms with van der Waals surface area (Å²) in [6.07, 6.45) is 10.8. The number of amides is 1. The number of hydrogen-bond donors (Lipinski definition) is 1. The van der Waals surface area contributed by atoms with Gasteiger partial charge in [-0.3, -0.25) is 9.48 Å². The Morgan fingerprint density at radius 1 is 1.59 bits per heavy atom. The van der Waals surface area contributed by atoms with Gasteiger partial charge in [0.05, 0.1) is 6.54 Å². The van der Waals surface area contributed by atoms with Crippen molar-refractivity contribution in [1.29, 1.82) is 0 Å². The minimum Gasteiger partial charge on any atom is -0.352 e. The molecular formula is C13H19N3O. The zero-order valence-electron chi connectivity index (χ0n) is 10.2. The lowest BCUT2D eigenvalue weighted by molar-refractivity contribution is -0.125. The molecule has 4 heteroatoms. The summed E-state index contributed by atoms with van der Waals surface area (Å²) in [7, 11) is 0. The average Bonchev–Trinajstić information content (AvgIpc) is 2.82. The number of hydrogen-bond acceptors (Lipinski definition) is 2. The molecule has 0 fully saturated rings. The molecule has 0 spiro atoms. The van der Waals surface area contributed by atoms with Crippen LogP contribution < -0.4 is 5.32 Å². The van der Waals surface area contributed by atoms with E-state index in [0.717, 1.165) is 25.8 Å². The van der Waals surface area contributed by atoms with Crippen LogP contribution in [0, 0.1) is 5.92 Å². The Bertz CT molecular complexity index is 383. The second-order valence-corrected chi connectivity index (χ2v) is 4.62. The smallest absolute Gasteiger partial charge is 0.223 e. The molecule has 2 rings (SSSR count). The van der Waals surface area contributed by atoms with E-state index in [1.54, 1.807) is 6.20 Å². The Morgan fingerprint density at radius 2 is 2.47 bits per heavy atom. The first kappa shape index (κ1) is 11.9. The van der Waals surface area contributed by atoms with Gasteiger partial charge in [0.2, 0.25) is 5.91 Å². The Kier molecular flexibility index (Phi) is 3.96. The largest absolute Gasteiger partial charge is 0.352 e. The SMILES string of the molecule is CC(Cn1cccn1)NC(=O)C1CC=CCC1. The van der Waals surface area contributed by atoms with Gasteiger partial charge in [-0.15, -0.1) is 0 Å². The van der Waals surface area contributed by atoms with Crippen LogP contribution in [0.15, 0.2) is 30.6 Å². The molecule has 4 nitrogen and oxygen atoms in total. The molecule has 0 aromatic carbocycles. The van der Waals surface area contributed by atoms with Gasteiger partial charge in [-0.25, -0.2) is 0 Å². The minimum atomic E-state index is 0.119. The fraction of sp³-hybridized carbons (Fsp3) is 0.538. The van der Waals surface area contributed by atoms with Crippen LogP contribution in [0.4, 0.5) is 0 Å². The van der Waals surface area contributed by atoms with Crippen LogP contribution in [0.3, 0.4) is 0 Å². The summed E-state index contributed by atoms with van der Waals surface area (Å²) in [6.45, 7) is 2.74. The molecule has 2 unspecified atom stereocenters. The van der Waals surface area contributed by atoms with Crippen molar-refractivity contribution in [2.45, 2.75) is 38.8 Å². The van der Waals surface area contributed by atoms with Crippen LogP contribution in [0.25, 0.3) is 0 Å². The number of carbonyl (C=O) groups excluding carboxylic acids is 1. The van der Waals surface area contributed by atoms with Crippen molar-refractivity contribution in [3.63, 3.8) is 0 Å². The van der Waals surface area contributed by atoms with Gasteiger partial charge in [0, 0.05) is 24.4 Å². The summed E-state index contributed by atoms with van der Waals surface area (Å²) in [5.41, 5.74) is 0. The van der Waals surface area contributed by atoms with Gasteiger partial charge >= 0.3 is 0 Å². The van der Waals surface area contributed by atoms with Crippen LogP contribution >= 0.6 is 0 Å². The third-order valence-corrected chi connectivity index (χ3v) is 3.05. The lowest BCUT2D eigenvalue weighted by Gasteiger charge is -2.20. The zero-order valence-corrected chi connectivity index (χ0v) is 10.2. The maximum atomic E-state index is 12.0. The first-order chi connectivity index (χ1) is 8.25. The molecule has 0 saturated heterocycles. The fourth-order valence-electron chi connectivity index (χ4n) is 2.13. The van der Waals surface area contributed by atoms with E-state index in [1.807, 2.05) is 23.9 Å². The second kappa shape index (κ2) is 5.66. The molecule has 1 amide bonds. The van der Waals surface area contributed by atoms with E-state index < -0.39 is 0 Å². The summed E-state index contributed by atoms with van der Waals surface area (Å²) < 4.78 is 1.84. The molecule has 1 aliphatic rings. The van der Waals surface area contributed by atoms with E-state index in [2.05, 4.69) is 22.6 Å². The lowest BCUT2D eigenvalue weighted by atomic mass is 9.93. The molecule has 17 heavy (non-hydrogen) atoms. The van der Waals surface area contributed by atoms with Crippen molar-refractivity contribution in [3.8, 4) is 0 Å². The highest BCUT2D eigenvalue weighted by atomic mass is 16.1. The molecule has 0 bridgehead atoms. The number of aromatic nitrogens is 2. The van der Waals surface area contributed by atoms with Crippen LogP contribution in [0.1, 0.15) is 26.2 Å². The fourth-order valence-corrected chi connectivity index (χ4v) is 2.13. The van der Waals surface area contributed by atoms with Gasteiger partial charge in [0.1, 0.15) is 0 Å². The van der Waals surface area contributed by atoms with E-state index in [-0.39, 0.29) is 17.9 Å². The molecule has 0 saturated carbocycles. The molecule has 2 atom stereocenters. The topological polar surface area (TPSA) is 46.9 Å². The Morgan fingerprint density at radius 3 is 3.12 bits per heavy atom. The molecule has 1 aromatic rings. The molecule has 1 heterocycles. The van der Waals surface area contributed by atoms with Crippen LogP contribution in [0.2, 0.25) is 0 Å². The number of nitrogens with zero attached hydrogens (tertiary/aromatic N) is 2. The molecule has 0 radical (unpaired) electrons. The van der Waals surface area contributed by atoms with Crippen molar-refractivity contribution in [3.05, 3.63) is 30.6 Å². The van der Waals surface area contributed by atoms with Crippen LogP contribution in [-0.2, 0) is 11.3 Å². The summed E-state index contributed by atoms with van der Waals surface area (Å²) in [5.74, 6) is 0.328. The van der Waals surface area contributed by atoms with Gasteiger partial charge in [-0.2, -0.15) is 5.10 Å². The Balaban J connectivity index is 1.79. The maximum absolute atomic E-state index is 12.0. The van der Waals surface area contributed by atoms with E-state index in [4.69, 9.17) is 0 Å². The van der Waals surface area contributed by atoms with E-state index in [1.165, 1.54) is 0 Å². The summed E-state index contributed by atoms with van der Waals surface area (Å²) in [4.78, 5) is 12.0. The zero-order chi connectivity index (χ0) is 12.1. The van der Waals surface area contributed by atoms with Gasteiger partial charge in [0.25, 0.3) is 0 Å². The third kappa shape index (κ3) is 3.44. The monoisotopic (exact) mass is 233 g/mol. The molecular weight excluding hydrogens is 214 g/mol. The minimum absolute atomic E-state index is 0.119. The van der Waals surface area contributed by atoms with Gasteiger partial charge < -0.3 is 5.32 Å². The van der Waals surface area contributed by atoms with E-state index >= 15 is 0 Å². The first-order valence-corrected chi connectivity index (χ1v) is 6.18. The molecule has 1 N–H and O–H groups in total. The first-order valence-electron chi connectivity index (χ1n) is 6.18. The third-order valence-electron chi connectivity index (χ3n) is 3.05. The van der Waals surface area contributed by atoms with Crippen molar-refractivity contribution in [2.75, 3.05) is 0 Å². The van der Waals surface area contributed by atoms with Crippen molar-refractivity contribution in [2.24, 2.45) is 5.92 Å². The number of carbonyl (C=O) groups is 1. The highest BCUT2D eigenvalue weighted by Crippen LogP contribution is 2.18. The average molecular weight is 233 g/mol. The van der Waals surface area contributed by atoms with Gasteiger partial charge in [0.15, 0.2) is 0 Å². The summed E-state index contributed by atoms with van der Waals surface area (Å²) in [6, 6.07) is 2.01. The predicted molar refractivity (Wildman–Crippen MR) is 66.3 cm³/mol. The highest BCUT2D eigenvalue weighted by molar-refractivity contribution is 5.79. The van der Waals surface area contributed by atoms with Gasteiger partial charge in [-0.05, 0) is 32.3 Å². The van der Waals surface area contributed by atoms with Crippen LogP contribution in [0.5, 0.6) is 0 Å². The number of nitrogens with one attached hydrogen (secondary N) is 1. The normalized spacial score (nSPS) is 21.1. The molecule has 1 aromatic heterocycles. The Labute approximate surface area is 102 Å². The maximum Gasteiger partial charge on any atom is 0.223 e. The van der Waals surface area contributed by atoms with Crippen LogP contribution in [-0.4, -0.2) is 21.7 Å². The summed E-state index contributed by atoms with van der Waals surface area (Å²) >= 11 is 0. The Hall–Kier alpha value is -1.58. The van der Waals surface area contributed by atoms with Gasteiger partial charge in [-0.1, -0.05) is 12.2 Å². The van der Waals surface area contributed by atoms with E-state index in [0.29, 0.717) is 0 Å². The second-order valence-electron chi connectivity index (χ2n) is 4.62. The van der Waals surface area contributed by atoms with Crippen molar-refractivity contribution >= 4 is 5.91 Å². The molecule has 1 aliphatic carbocycles. The summed E-state index contributed by atoms with van der Waals surface area (Å²) in [5, 5.41) is 7.18. The molecule has 92 valence electrons. The van der Waals surface area contributed by atoms with Crippen molar-refractivity contribution in [1.82, 2.24) is 15.1 Å². The lowest BCUT2D eigenvalue weighted by Crippen LogP contribution is -2.39. The standard InChI is InChI=1S/C13H19N3O/c1-11(10-16-9-5-8-14-16)15-13(17)12-6-3-2-4-7-12/h2-3,5,8-9,11-12H,4,6-7,10H2,1H3,(H,15,17). The highest BCUT2D eigenvalue weighted by Gasteiger charge is 2.19. The van der Waals surface area contributed by atoms with Crippen molar-refractivity contribution < 1.29 is 4.79 Å². The molecule has 0 aliphatic heterocycles. The predicted octanol–water partition coefficient (Wildman–Crippen LogP) is 1.74. The number of rotatable bonds is 4. The van der Waals surface area contributed by atoms with E-state index in [9.17, 15) is 4.79 Å².